The molecule has 15 heavy (non-hydrogen) atoms. The van der Waals surface area contributed by atoms with E-state index >= 15 is 0 Å². The topological polar surface area (TPSA) is 62.1 Å². The van der Waals surface area contributed by atoms with E-state index in [4.69, 9.17) is 5.73 Å². The predicted molar refractivity (Wildman–Crippen MR) is 61.6 cm³/mol. The third kappa shape index (κ3) is 2.87. The standard InChI is InChI=1S/C11H17N3O/c1-4-14(7-8(2)3)11(15)10-5-9(12)6-13-10/h5-6,13H,2,4,7,12H2,1,3H3. The van der Waals surface area contributed by atoms with Crippen molar-refractivity contribution in [1.82, 2.24) is 9.88 Å². The number of aromatic amines is 1. The molecule has 0 atom stereocenters. The van der Waals surface area contributed by atoms with E-state index in [-0.39, 0.29) is 5.91 Å². The molecule has 4 heteroatoms. The molecule has 0 bridgehead atoms. The first kappa shape index (κ1) is 11.4. The minimum absolute atomic E-state index is 0.0443. The van der Waals surface area contributed by atoms with Gasteiger partial charge in [-0.3, -0.25) is 4.79 Å². The number of aromatic nitrogens is 1. The molecule has 1 aromatic rings. The van der Waals surface area contributed by atoms with Gasteiger partial charge in [0.05, 0.1) is 0 Å². The van der Waals surface area contributed by atoms with Gasteiger partial charge in [0, 0.05) is 25.0 Å². The number of anilines is 1. The van der Waals surface area contributed by atoms with E-state index in [1.165, 1.54) is 0 Å². The number of likely N-dealkylation sites (N-methyl/N-ethyl adjacent to an activating group) is 1. The minimum atomic E-state index is -0.0443. The van der Waals surface area contributed by atoms with Crippen molar-refractivity contribution in [2.75, 3.05) is 18.8 Å². The first-order chi connectivity index (χ1) is 7.04. The summed E-state index contributed by atoms with van der Waals surface area (Å²) in [5.41, 5.74) is 7.60. The minimum Gasteiger partial charge on any atom is -0.397 e. The van der Waals surface area contributed by atoms with Gasteiger partial charge in [0.25, 0.3) is 5.91 Å². The molecule has 0 aliphatic carbocycles. The first-order valence-corrected chi connectivity index (χ1v) is 4.92. The zero-order valence-electron chi connectivity index (χ0n) is 9.21. The Balaban J connectivity index is 2.77. The molecule has 0 aliphatic heterocycles. The molecule has 0 unspecified atom stereocenters. The van der Waals surface area contributed by atoms with Crippen LogP contribution >= 0.6 is 0 Å². The Morgan fingerprint density at radius 3 is 2.73 bits per heavy atom. The summed E-state index contributed by atoms with van der Waals surface area (Å²) in [5.74, 6) is -0.0443. The number of amides is 1. The molecule has 0 fully saturated rings. The van der Waals surface area contributed by atoms with E-state index in [1.54, 1.807) is 17.2 Å². The van der Waals surface area contributed by atoms with E-state index in [1.807, 2.05) is 13.8 Å². The van der Waals surface area contributed by atoms with Gasteiger partial charge in [0.2, 0.25) is 0 Å². The Bertz CT molecular complexity index is 368. The van der Waals surface area contributed by atoms with Gasteiger partial charge in [-0.1, -0.05) is 12.2 Å². The lowest BCUT2D eigenvalue weighted by Crippen LogP contribution is -2.32. The Hall–Kier alpha value is -1.71. The molecule has 0 aromatic carbocycles. The maximum atomic E-state index is 11.9. The highest BCUT2D eigenvalue weighted by Gasteiger charge is 2.15. The molecule has 1 aromatic heterocycles. The summed E-state index contributed by atoms with van der Waals surface area (Å²) < 4.78 is 0. The molecule has 0 aliphatic rings. The van der Waals surface area contributed by atoms with Crippen LogP contribution in [0.15, 0.2) is 24.4 Å². The summed E-state index contributed by atoms with van der Waals surface area (Å²) in [7, 11) is 0. The molecule has 3 N–H and O–H groups in total. The largest absolute Gasteiger partial charge is 0.397 e. The van der Waals surface area contributed by atoms with Gasteiger partial charge in [0.15, 0.2) is 0 Å². The highest BCUT2D eigenvalue weighted by Crippen LogP contribution is 2.09. The van der Waals surface area contributed by atoms with E-state index in [0.717, 1.165) is 5.57 Å². The lowest BCUT2D eigenvalue weighted by molar-refractivity contribution is 0.0773. The van der Waals surface area contributed by atoms with Crippen molar-refractivity contribution in [2.45, 2.75) is 13.8 Å². The van der Waals surface area contributed by atoms with Crippen molar-refractivity contribution in [3.63, 3.8) is 0 Å². The summed E-state index contributed by atoms with van der Waals surface area (Å²) in [6.07, 6.45) is 1.61. The van der Waals surface area contributed by atoms with Crippen LogP contribution < -0.4 is 5.73 Å². The molecule has 0 saturated carbocycles. The second-order valence-corrected chi connectivity index (χ2v) is 3.62. The molecule has 1 amide bonds. The fourth-order valence-electron chi connectivity index (χ4n) is 1.36. The first-order valence-electron chi connectivity index (χ1n) is 4.92. The average Bonchev–Trinajstić information content (AvgIpc) is 2.60. The van der Waals surface area contributed by atoms with Crippen LogP contribution in [0.2, 0.25) is 0 Å². The van der Waals surface area contributed by atoms with Crippen molar-refractivity contribution in [1.29, 1.82) is 0 Å². The maximum absolute atomic E-state index is 11.9. The van der Waals surface area contributed by atoms with Crippen molar-refractivity contribution >= 4 is 11.6 Å². The molecule has 1 heterocycles. The van der Waals surface area contributed by atoms with E-state index in [0.29, 0.717) is 24.5 Å². The lowest BCUT2D eigenvalue weighted by atomic mass is 10.3. The number of hydrogen-bond acceptors (Lipinski definition) is 2. The normalized spacial score (nSPS) is 10.0. The molecule has 0 saturated heterocycles. The quantitative estimate of drug-likeness (QED) is 0.737. The summed E-state index contributed by atoms with van der Waals surface area (Å²) in [6, 6.07) is 1.64. The predicted octanol–water partition coefficient (Wildman–Crippen LogP) is 1.64. The Morgan fingerprint density at radius 2 is 2.33 bits per heavy atom. The van der Waals surface area contributed by atoms with Gasteiger partial charge in [-0.25, -0.2) is 0 Å². The lowest BCUT2D eigenvalue weighted by Gasteiger charge is -2.19. The van der Waals surface area contributed by atoms with Crippen molar-refractivity contribution in [3.8, 4) is 0 Å². The van der Waals surface area contributed by atoms with Gasteiger partial charge < -0.3 is 15.6 Å². The zero-order valence-corrected chi connectivity index (χ0v) is 9.21. The third-order valence-corrected chi connectivity index (χ3v) is 2.07. The average molecular weight is 207 g/mol. The monoisotopic (exact) mass is 207 g/mol. The maximum Gasteiger partial charge on any atom is 0.270 e. The van der Waals surface area contributed by atoms with Crippen LogP contribution in [0.25, 0.3) is 0 Å². The number of carbonyl (C=O) groups is 1. The van der Waals surface area contributed by atoms with Crippen LogP contribution in [0.3, 0.4) is 0 Å². The number of nitrogens with two attached hydrogens (primary N) is 1. The van der Waals surface area contributed by atoms with Crippen LogP contribution in [-0.4, -0.2) is 28.9 Å². The Labute approximate surface area is 89.8 Å². The highest BCUT2D eigenvalue weighted by atomic mass is 16.2. The van der Waals surface area contributed by atoms with Crippen molar-refractivity contribution in [3.05, 3.63) is 30.1 Å². The van der Waals surface area contributed by atoms with Crippen LogP contribution in [0.5, 0.6) is 0 Å². The summed E-state index contributed by atoms with van der Waals surface area (Å²) in [5, 5.41) is 0. The van der Waals surface area contributed by atoms with Crippen molar-refractivity contribution < 1.29 is 4.79 Å². The summed E-state index contributed by atoms with van der Waals surface area (Å²) in [6.45, 7) is 8.87. The van der Waals surface area contributed by atoms with Gasteiger partial charge in [-0.2, -0.15) is 0 Å². The number of H-pyrrole nitrogens is 1. The van der Waals surface area contributed by atoms with Gasteiger partial charge in [-0.05, 0) is 19.9 Å². The van der Waals surface area contributed by atoms with Crippen LogP contribution in [0, 0.1) is 0 Å². The van der Waals surface area contributed by atoms with Gasteiger partial charge >= 0.3 is 0 Å². The molecule has 0 spiro atoms. The number of nitrogens with one attached hydrogen (secondary N) is 1. The Morgan fingerprint density at radius 1 is 1.67 bits per heavy atom. The summed E-state index contributed by atoms with van der Waals surface area (Å²) >= 11 is 0. The van der Waals surface area contributed by atoms with Gasteiger partial charge in [0.1, 0.15) is 5.69 Å². The fourth-order valence-corrected chi connectivity index (χ4v) is 1.36. The molecule has 0 radical (unpaired) electrons. The van der Waals surface area contributed by atoms with Gasteiger partial charge in [-0.15, -0.1) is 0 Å². The van der Waals surface area contributed by atoms with E-state index in [9.17, 15) is 4.79 Å². The summed E-state index contributed by atoms with van der Waals surface area (Å²) in [4.78, 5) is 16.5. The molecule has 4 nitrogen and oxygen atoms in total. The molecular weight excluding hydrogens is 190 g/mol. The second kappa shape index (κ2) is 4.68. The van der Waals surface area contributed by atoms with Crippen molar-refractivity contribution in [2.24, 2.45) is 0 Å². The number of nitrogens with zero attached hydrogens (tertiary/aromatic N) is 1. The Kier molecular flexibility index (Phi) is 3.55. The van der Waals surface area contributed by atoms with E-state index in [2.05, 4.69) is 11.6 Å². The third-order valence-electron chi connectivity index (χ3n) is 2.07. The molecule has 82 valence electrons. The number of hydrogen-bond donors (Lipinski definition) is 2. The van der Waals surface area contributed by atoms with Crippen LogP contribution in [0.4, 0.5) is 5.69 Å². The SMILES string of the molecule is C=C(C)CN(CC)C(=O)c1cc(N)c[nH]1. The molecular formula is C11H17N3O. The van der Waals surface area contributed by atoms with Crippen LogP contribution in [0.1, 0.15) is 24.3 Å². The van der Waals surface area contributed by atoms with Crippen LogP contribution in [-0.2, 0) is 0 Å². The number of rotatable bonds is 4. The zero-order chi connectivity index (χ0) is 11.4. The number of nitrogen functional groups attached to an aromatic ring is 1. The van der Waals surface area contributed by atoms with E-state index < -0.39 is 0 Å². The smallest absolute Gasteiger partial charge is 0.270 e. The second-order valence-electron chi connectivity index (χ2n) is 3.62. The fraction of sp³-hybridized carbons (Fsp3) is 0.364. The highest BCUT2D eigenvalue weighted by molar-refractivity contribution is 5.93. The number of carbonyl (C=O) groups excluding carboxylic acids is 1. The molecule has 1 rings (SSSR count).